The SMILES string of the molecule is CCNC(=O)Nc1cc2c3c(c1)[C@](C)(c1ccc(C)cc1)CCN3CC[C@H]2c1ccc(F)cc1. The van der Waals surface area contributed by atoms with E-state index in [4.69, 9.17) is 0 Å². The van der Waals surface area contributed by atoms with Gasteiger partial charge >= 0.3 is 6.03 Å². The van der Waals surface area contributed by atoms with Crippen LogP contribution in [0.3, 0.4) is 0 Å². The molecule has 0 spiro atoms. The Kier molecular flexibility index (Phi) is 5.80. The van der Waals surface area contributed by atoms with Crippen molar-refractivity contribution in [2.24, 2.45) is 0 Å². The van der Waals surface area contributed by atoms with E-state index in [9.17, 15) is 9.18 Å². The smallest absolute Gasteiger partial charge is 0.319 e. The molecule has 0 saturated heterocycles. The highest BCUT2D eigenvalue weighted by atomic mass is 19.1. The molecule has 2 N–H and O–H groups in total. The molecular weight excluding hydrogens is 425 g/mol. The lowest BCUT2D eigenvalue weighted by Crippen LogP contribution is -2.43. The summed E-state index contributed by atoms with van der Waals surface area (Å²) in [6.07, 6.45) is 1.97. The van der Waals surface area contributed by atoms with Crippen LogP contribution in [0.5, 0.6) is 0 Å². The largest absolute Gasteiger partial charge is 0.371 e. The number of carbonyl (C=O) groups excluding carboxylic acids is 1. The van der Waals surface area contributed by atoms with E-state index in [0.717, 1.165) is 37.2 Å². The Balaban J connectivity index is 1.69. The van der Waals surface area contributed by atoms with E-state index in [1.165, 1.54) is 27.9 Å². The number of aryl methyl sites for hydroxylation is 1. The Hall–Kier alpha value is -3.34. The van der Waals surface area contributed by atoms with E-state index in [2.05, 4.69) is 65.8 Å². The number of hydrogen-bond acceptors (Lipinski definition) is 2. The molecular formula is C29H32FN3O. The fraction of sp³-hybridized carbons (Fsp3) is 0.345. The van der Waals surface area contributed by atoms with Crippen molar-refractivity contribution in [2.75, 3.05) is 29.9 Å². The van der Waals surface area contributed by atoms with Crippen molar-refractivity contribution < 1.29 is 9.18 Å². The molecule has 0 aromatic heterocycles. The van der Waals surface area contributed by atoms with Gasteiger partial charge in [0.15, 0.2) is 0 Å². The molecule has 3 aromatic carbocycles. The van der Waals surface area contributed by atoms with Crippen LogP contribution in [0.15, 0.2) is 60.7 Å². The molecule has 5 rings (SSSR count). The van der Waals surface area contributed by atoms with Crippen molar-refractivity contribution in [3.05, 3.63) is 94.3 Å². The van der Waals surface area contributed by atoms with E-state index < -0.39 is 0 Å². The summed E-state index contributed by atoms with van der Waals surface area (Å²) in [5.74, 6) is -0.0660. The second-order valence-corrected chi connectivity index (χ2v) is 9.77. The maximum absolute atomic E-state index is 13.7. The number of amides is 2. The molecule has 34 heavy (non-hydrogen) atoms. The standard InChI is InChI=1S/C29H32FN3O/c1-4-31-28(34)32-23-17-25-24(20-7-11-22(30)12-8-20)13-15-33-16-14-29(3,26(18-23)27(25)33)21-9-5-19(2)6-10-21/h5-12,17-18,24H,4,13-16H2,1-3H3,(H2,31,32,34)/t24-,29-/m0/s1. The molecule has 4 nitrogen and oxygen atoms in total. The zero-order chi connectivity index (χ0) is 23.9. The second-order valence-electron chi connectivity index (χ2n) is 9.77. The second kappa shape index (κ2) is 8.79. The molecule has 0 saturated carbocycles. The number of anilines is 2. The van der Waals surface area contributed by atoms with Crippen molar-refractivity contribution in [1.29, 1.82) is 0 Å². The van der Waals surface area contributed by atoms with Crippen LogP contribution in [0.2, 0.25) is 0 Å². The number of nitrogens with one attached hydrogen (secondary N) is 2. The third-order valence-corrected chi connectivity index (χ3v) is 7.55. The van der Waals surface area contributed by atoms with Gasteiger partial charge in [-0.25, -0.2) is 9.18 Å². The van der Waals surface area contributed by atoms with Crippen molar-refractivity contribution >= 4 is 17.4 Å². The average molecular weight is 458 g/mol. The van der Waals surface area contributed by atoms with E-state index in [1.54, 1.807) is 12.1 Å². The Morgan fingerprint density at radius 2 is 1.82 bits per heavy atom. The van der Waals surface area contributed by atoms with Crippen molar-refractivity contribution in [2.45, 2.75) is 44.9 Å². The van der Waals surface area contributed by atoms with E-state index >= 15 is 0 Å². The Bertz CT molecular complexity index is 1210. The molecule has 5 heteroatoms. The first-order valence-electron chi connectivity index (χ1n) is 12.2. The van der Waals surface area contributed by atoms with Gasteiger partial charge in [0.25, 0.3) is 0 Å². The normalized spacial score (nSPS) is 21.1. The molecule has 0 radical (unpaired) electrons. The van der Waals surface area contributed by atoms with Crippen LogP contribution >= 0.6 is 0 Å². The van der Waals surface area contributed by atoms with Crippen LogP contribution in [0.25, 0.3) is 0 Å². The molecule has 2 aliphatic heterocycles. The van der Waals surface area contributed by atoms with Crippen molar-refractivity contribution in [3.8, 4) is 0 Å². The number of rotatable bonds is 4. The Morgan fingerprint density at radius 1 is 1.09 bits per heavy atom. The van der Waals surface area contributed by atoms with Crippen molar-refractivity contribution in [1.82, 2.24) is 5.32 Å². The quantitative estimate of drug-likeness (QED) is 0.481. The lowest BCUT2D eigenvalue weighted by molar-refractivity contribution is 0.252. The fourth-order valence-electron chi connectivity index (χ4n) is 5.64. The minimum absolute atomic E-state index is 0.155. The molecule has 0 fully saturated rings. The highest BCUT2D eigenvalue weighted by Gasteiger charge is 2.41. The van der Waals surface area contributed by atoms with Gasteiger partial charge in [-0.15, -0.1) is 0 Å². The molecule has 176 valence electrons. The van der Waals surface area contributed by atoms with Gasteiger partial charge in [-0.3, -0.25) is 0 Å². The first-order valence-corrected chi connectivity index (χ1v) is 12.2. The zero-order valence-electron chi connectivity index (χ0n) is 20.1. The highest BCUT2D eigenvalue weighted by Crippen LogP contribution is 2.52. The summed E-state index contributed by atoms with van der Waals surface area (Å²) in [5.41, 5.74) is 8.01. The summed E-state index contributed by atoms with van der Waals surface area (Å²) in [6.45, 7) is 8.87. The van der Waals surface area contributed by atoms with Gasteiger partial charge in [0.1, 0.15) is 5.82 Å². The molecule has 3 aromatic rings. The maximum atomic E-state index is 13.7. The van der Waals surface area contributed by atoms with Gasteiger partial charge in [0.05, 0.1) is 0 Å². The van der Waals surface area contributed by atoms with Gasteiger partial charge in [0.2, 0.25) is 0 Å². The maximum Gasteiger partial charge on any atom is 0.319 e. The first kappa shape index (κ1) is 22.5. The molecule has 2 atom stereocenters. The van der Waals surface area contributed by atoms with Gasteiger partial charge in [0, 0.05) is 42.3 Å². The number of halogens is 1. The van der Waals surface area contributed by atoms with E-state index in [0.29, 0.717) is 6.54 Å². The predicted octanol–water partition coefficient (Wildman–Crippen LogP) is 6.33. The fourth-order valence-corrected chi connectivity index (χ4v) is 5.64. The summed E-state index contributed by atoms with van der Waals surface area (Å²) >= 11 is 0. The third kappa shape index (κ3) is 3.93. The van der Waals surface area contributed by atoms with Crippen LogP contribution in [0.4, 0.5) is 20.6 Å². The van der Waals surface area contributed by atoms with Gasteiger partial charge in [-0.2, -0.15) is 0 Å². The number of nitrogens with zero attached hydrogens (tertiary/aromatic N) is 1. The Morgan fingerprint density at radius 3 is 2.53 bits per heavy atom. The third-order valence-electron chi connectivity index (χ3n) is 7.55. The van der Waals surface area contributed by atoms with Crippen LogP contribution in [0, 0.1) is 12.7 Å². The molecule has 0 aliphatic carbocycles. The number of carbonyl (C=O) groups is 1. The summed E-state index contributed by atoms with van der Waals surface area (Å²) in [4.78, 5) is 14.9. The van der Waals surface area contributed by atoms with Crippen LogP contribution in [-0.4, -0.2) is 25.7 Å². The first-order chi connectivity index (χ1) is 16.4. The van der Waals surface area contributed by atoms with E-state index in [1.807, 2.05) is 19.1 Å². The predicted molar refractivity (Wildman–Crippen MR) is 136 cm³/mol. The molecule has 2 aliphatic rings. The summed E-state index contributed by atoms with van der Waals surface area (Å²) in [6, 6.07) is 19.8. The number of benzene rings is 3. The molecule has 0 unspecified atom stereocenters. The van der Waals surface area contributed by atoms with Crippen LogP contribution < -0.4 is 15.5 Å². The molecule has 2 heterocycles. The Labute approximate surface area is 201 Å². The van der Waals surface area contributed by atoms with Gasteiger partial charge < -0.3 is 15.5 Å². The highest BCUT2D eigenvalue weighted by molar-refractivity contribution is 5.90. The molecule has 2 amide bonds. The van der Waals surface area contributed by atoms with Crippen LogP contribution in [-0.2, 0) is 5.41 Å². The minimum atomic E-state index is -0.221. The topological polar surface area (TPSA) is 44.4 Å². The van der Waals surface area contributed by atoms with Gasteiger partial charge in [-0.05, 0) is 73.2 Å². The lowest BCUT2D eigenvalue weighted by atomic mass is 9.68. The minimum Gasteiger partial charge on any atom is -0.371 e. The van der Waals surface area contributed by atoms with Gasteiger partial charge in [-0.1, -0.05) is 48.9 Å². The average Bonchev–Trinajstić information content (AvgIpc) is 2.82. The molecule has 0 bridgehead atoms. The lowest BCUT2D eigenvalue weighted by Gasteiger charge is -2.47. The number of hydrogen-bond donors (Lipinski definition) is 2. The van der Waals surface area contributed by atoms with Crippen molar-refractivity contribution in [3.63, 3.8) is 0 Å². The van der Waals surface area contributed by atoms with Crippen LogP contribution in [0.1, 0.15) is 60.4 Å². The number of urea groups is 1. The monoisotopic (exact) mass is 457 g/mol. The summed E-state index contributed by atoms with van der Waals surface area (Å²) < 4.78 is 13.7. The zero-order valence-corrected chi connectivity index (χ0v) is 20.1. The summed E-state index contributed by atoms with van der Waals surface area (Å²) in [7, 11) is 0. The summed E-state index contributed by atoms with van der Waals surface area (Å²) in [5, 5.41) is 5.90. The van der Waals surface area contributed by atoms with E-state index in [-0.39, 0.29) is 23.2 Å².